The van der Waals surface area contributed by atoms with Gasteiger partial charge in [-0.3, -0.25) is 0 Å². The molecular weight excluding hydrogens is 216 g/mol. The molecule has 5 heteroatoms. The molecule has 2 heterocycles. The van der Waals surface area contributed by atoms with E-state index in [1.165, 1.54) is 12.8 Å². The first-order valence-electron chi connectivity index (χ1n) is 6.17. The smallest absolute Gasteiger partial charge is 0.141 e. The van der Waals surface area contributed by atoms with E-state index in [2.05, 4.69) is 15.7 Å². The summed E-state index contributed by atoms with van der Waals surface area (Å²) in [6, 6.07) is 4.31. The molecule has 1 aromatic rings. The van der Waals surface area contributed by atoms with Gasteiger partial charge in [0.05, 0.1) is 12.1 Å². The van der Waals surface area contributed by atoms with Gasteiger partial charge in [-0.1, -0.05) is 0 Å². The third-order valence-electron chi connectivity index (χ3n) is 3.48. The Labute approximate surface area is 101 Å². The van der Waals surface area contributed by atoms with Gasteiger partial charge < -0.3 is 15.5 Å². The van der Waals surface area contributed by atoms with E-state index in [-0.39, 0.29) is 0 Å². The van der Waals surface area contributed by atoms with Crippen LogP contribution in [0.5, 0.6) is 0 Å². The first kappa shape index (κ1) is 10.8. The monoisotopic (exact) mass is 234 g/mol. The fraction of sp³-hybridized carbons (Fsp3) is 0.583. The zero-order chi connectivity index (χ0) is 11.7. The van der Waals surface area contributed by atoms with Gasteiger partial charge in [0.15, 0.2) is 0 Å². The molecule has 0 aromatic carbocycles. The molecule has 1 saturated carbocycles. The number of pyridine rings is 1. The molecule has 1 aliphatic carbocycles. The molecule has 0 bridgehead atoms. The first-order chi connectivity index (χ1) is 8.36. The van der Waals surface area contributed by atoms with Gasteiger partial charge >= 0.3 is 0 Å². The van der Waals surface area contributed by atoms with Crippen molar-refractivity contribution in [3.63, 3.8) is 0 Å². The second kappa shape index (κ2) is 4.50. The Morgan fingerprint density at radius 1 is 1.35 bits per heavy atom. The molecular formula is C12H18N4O. The summed E-state index contributed by atoms with van der Waals surface area (Å²) in [5.74, 6) is 6.79. The van der Waals surface area contributed by atoms with Gasteiger partial charge in [-0.2, -0.15) is 0 Å². The number of anilines is 2. The summed E-state index contributed by atoms with van der Waals surface area (Å²) < 4.78 is 5.80. The molecule has 2 fully saturated rings. The SMILES string of the molecule is NNc1cc(NC2CCOC2C2CC2)ccn1. The molecule has 0 radical (unpaired) electrons. The van der Waals surface area contributed by atoms with Crippen molar-refractivity contribution < 1.29 is 4.74 Å². The molecule has 92 valence electrons. The van der Waals surface area contributed by atoms with Crippen LogP contribution in [-0.4, -0.2) is 23.7 Å². The normalized spacial score (nSPS) is 28.1. The zero-order valence-electron chi connectivity index (χ0n) is 9.73. The minimum Gasteiger partial charge on any atom is -0.379 e. The minimum absolute atomic E-state index is 0.387. The van der Waals surface area contributed by atoms with Crippen LogP contribution in [0.25, 0.3) is 0 Å². The third-order valence-corrected chi connectivity index (χ3v) is 3.48. The highest BCUT2D eigenvalue weighted by molar-refractivity contribution is 5.52. The van der Waals surface area contributed by atoms with Crippen LogP contribution in [0, 0.1) is 5.92 Å². The summed E-state index contributed by atoms with van der Waals surface area (Å²) in [7, 11) is 0. The van der Waals surface area contributed by atoms with Crippen molar-refractivity contribution >= 4 is 11.5 Å². The summed E-state index contributed by atoms with van der Waals surface area (Å²) >= 11 is 0. The Morgan fingerprint density at radius 3 is 3.00 bits per heavy atom. The minimum atomic E-state index is 0.387. The Morgan fingerprint density at radius 2 is 2.24 bits per heavy atom. The number of nitrogens with two attached hydrogens (primary N) is 1. The second-order valence-electron chi connectivity index (χ2n) is 4.79. The van der Waals surface area contributed by atoms with E-state index < -0.39 is 0 Å². The number of nitrogens with zero attached hydrogens (tertiary/aromatic N) is 1. The van der Waals surface area contributed by atoms with Crippen molar-refractivity contribution in [2.75, 3.05) is 17.3 Å². The molecule has 0 amide bonds. The van der Waals surface area contributed by atoms with Crippen molar-refractivity contribution in [1.82, 2.24) is 4.98 Å². The maximum absolute atomic E-state index is 5.80. The van der Waals surface area contributed by atoms with Crippen LogP contribution in [0.15, 0.2) is 18.3 Å². The number of hydrogen-bond donors (Lipinski definition) is 3. The van der Waals surface area contributed by atoms with Gasteiger partial charge in [0.1, 0.15) is 5.82 Å². The predicted octanol–water partition coefficient (Wildman–Crippen LogP) is 1.35. The van der Waals surface area contributed by atoms with Crippen LogP contribution in [0.4, 0.5) is 11.5 Å². The van der Waals surface area contributed by atoms with E-state index in [0.29, 0.717) is 18.0 Å². The summed E-state index contributed by atoms with van der Waals surface area (Å²) in [6.45, 7) is 0.867. The molecule has 1 saturated heterocycles. The number of ether oxygens (including phenoxy) is 1. The van der Waals surface area contributed by atoms with Gasteiger partial charge in [-0.05, 0) is 31.2 Å². The molecule has 2 aliphatic rings. The lowest BCUT2D eigenvalue weighted by atomic mass is 10.1. The molecule has 1 aliphatic heterocycles. The third kappa shape index (κ3) is 2.35. The maximum Gasteiger partial charge on any atom is 0.141 e. The van der Waals surface area contributed by atoms with Crippen molar-refractivity contribution in [3.8, 4) is 0 Å². The van der Waals surface area contributed by atoms with Crippen LogP contribution >= 0.6 is 0 Å². The number of nitrogens with one attached hydrogen (secondary N) is 2. The van der Waals surface area contributed by atoms with Crippen LogP contribution < -0.4 is 16.6 Å². The van der Waals surface area contributed by atoms with Gasteiger partial charge in [0.25, 0.3) is 0 Å². The molecule has 4 N–H and O–H groups in total. The Kier molecular flexibility index (Phi) is 2.86. The molecule has 5 nitrogen and oxygen atoms in total. The second-order valence-corrected chi connectivity index (χ2v) is 4.79. The molecule has 17 heavy (non-hydrogen) atoms. The zero-order valence-corrected chi connectivity index (χ0v) is 9.73. The number of rotatable bonds is 4. The number of hydrogen-bond acceptors (Lipinski definition) is 5. The standard InChI is InChI=1S/C12H18N4O/c13-16-11-7-9(3-5-14-11)15-10-4-6-17-12(10)8-1-2-8/h3,5,7-8,10,12H,1-2,4,6,13H2,(H2,14,15,16). The number of aromatic nitrogens is 1. The van der Waals surface area contributed by atoms with Crippen molar-refractivity contribution in [2.24, 2.45) is 11.8 Å². The van der Waals surface area contributed by atoms with Crippen LogP contribution in [-0.2, 0) is 4.74 Å². The van der Waals surface area contributed by atoms with Crippen molar-refractivity contribution in [1.29, 1.82) is 0 Å². The first-order valence-corrected chi connectivity index (χ1v) is 6.17. The van der Waals surface area contributed by atoms with E-state index in [0.717, 1.165) is 24.6 Å². The van der Waals surface area contributed by atoms with E-state index in [1.54, 1.807) is 6.20 Å². The number of hydrazine groups is 1. The lowest BCUT2D eigenvalue weighted by Gasteiger charge is -2.20. The summed E-state index contributed by atoms with van der Waals surface area (Å²) in [5.41, 5.74) is 3.61. The average Bonchev–Trinajstić information content (AvgIpc) is 3.11. The molecule has 1 aromatic heterocycles. The molecule has 2 atom stereocenters. The highest BCUT2D eigenvalue weighted by Gasteiger charge is 2.40. The van der Waals surface area contributed by atoms with Gasteiger partial charge in [0, 0.05) is 24.6 Å². The highest BCUT2D eigenvalue weighted by atomic mass is 16.5. The topological polar surface area (TPSA) is 72.2 Å². The van der Waals surface area contributed by atoms with Crippen molar-refractivity contribution in [2.45, 2.75) is 31.4 Å². The van der Waals surface area contributed by atoms with E-state index in [1.807, 2.05) is 12.1 Å². The lowest BCUT2D eigenvalue weighted by molar-refractivity contribution is 0.0898. The molecule has 2 unspecified atom stereocenters. The van der Waals surface area contributed by atoms with Crippen LogP contribution in [0.3, 0.4) is 0 Å². The molecule has 0 spiro atoms. The summed E-state index contributed by atoms with van der Waals surface area (Å²) in [4.78, 5) is 4.09. The van der Waals surface area contributed by atoms with E-state index >= 15 is 0 Å². The predicted molar refractivity (Wildman–Crippen MR) is 66.5 cm³/mol. The largest absolute Gasteiger partial charge is 0.379 e. The van der Waals surface area contributed by atoms with Gasteiger partial charge in [0.2, 0.25) is 0 Å². The fourth-order valence-electron chi connectivity index (χ4n) is 2.47. The number of nitrogen functional groups attached to an aromatic ring is 1. The maximum atomic E-state index is 5.80. The quantitative estimate of drug-likeness (QED) is 0.542. The van der Waals surface area contributed by atoms with E-state index in [4.69, 9.17) is 10.6 Å². The van der Waals surface area contributed by atoms with Gasteiger partial charge in [-0.15, -0.1) is 0 Å². The Bertz CT molecular complexity index is 394. The van der Waals surface area contributed by atoms with Crippen LogP contribution in [0.1, 0.15) is 19.3 Å². The fourth-order valence-corrected chi connectivity index (χ4v) is 2.47. The van der Waals surface area contributed by atoms with Crippen LogP contribution in [0.2, 0.25) is 0 Å². The Hall–Kier alpha value is -1.33. The molecule has 3 rings (SSSR count). The summed E-state index contributed by atoms with van der Waals surface area (Å²) in [5, 5.41) is 3.53. The summed E-state index contributed by atoms with van der Waals surface area (Å²) in [6.07, 6.45) is 5.84. The highest BCUT2D eigenvalue weighted by Crippen LogP contribution is 2.39. The Balaban J connectivity index is 1.68. The lowest BCUT2D eigenvalue weighted by Crippen LogP contribution is -2.31. The van der Waals surface area contributed by atoms with Crippen molar-refractivity contribution in [3.05, 3.63) is 18.3 Å². The average molecular weight is 234 g/mol. The van der Waals surface area contributed by atoms with E-state index in [9.17, 15) is 0 Å². The van der Waals surface area contributed by atoms with Gasteiger partial charge in [-0.25, -0.2) is 10.8 Å².